The summed E-state index contributed by atoms with van der Waals surface area (Å²) in [4.78, 5) is 16.7. The lowest BCUT2D eigenvalue weighted by Gasteiger charge is -2.38. The molecule has 108 valence electrons. The molecule has 0 radical (unpaired) electrons. The third-order valence-electron chi connectivity index (χ3n) is 4.09. The predicted molar refractivity (Wildman–Crippen MR) is 80.1 cm³/mol. The largest absolute Gasteiger partial charge is 0.409 e. The van der Waals surface area contributed by atoms with Crippen molar-refractivity contribution in [2.45, 2.75) is 19.3 Å². The lowest BCUT2D eigenvalue weighted by atomic mass is 9.67. The lowest BCUT2D eigenvalue weighted by molar-refractivity contribution is -0.125. The Bertz CT molecular complexity index is 722. The van der Waals surface area contributed by atoms with Crippen molar-refractivity contribution in [3.8, 4) is 0 Å². The second kappa shape index (κ2) is 5.05. The number of oxime groups is 1. The first-order valence-corrected chi connectivity index (χ1v) is 6.80. The number of pyridine rings is 1. The Morgan fingerprint density at radius 3 is 2.81 bits per heavy atom. The average Bonchev–Trinajstić information content (AvgIpc) is 2.45. The molecule has 6 nitrogen and oxygen atoms in total. The molecule has 1 fully saturated rings. The number of rotatable bonds is 3. The fraction of sp³-hybridized carbons (Fsp3) is 0.267. The molecule has 0 saturated heterocycles. The van der Waals surface area contributed by atoms with Gasteiger partial charge in [0, 0.05) is 5.39 Å². The smallest absolute Gasteiger partial charge is 0.238 e. The minimum absolute atomic E-state index is 0.0278. The molecule has 1 aromatic carbocycles. The number of hydrogen-bond donors (Lipinski definition) is 3. The Morgan fingerprint density at radius 1 is 1.38 bits per heavy atom. The van der Waals surface area contributed by atoms with Gasteiger partial charge in [-0.3, -0.25) is 9.78 Å². The van der Waals surface area contributed by atoms with Gasteiger partial charge in [-0.2, -0.15) is 0 Å². The molecule has 0 unspecified atom stereocenters. The summed E-state index contributed by atoms with van der Waals surface area (Å²) in [6, 6.07) is 9.53. The molecule has 1 heterocycles. The minimum Gasteiger partial charge on any atom is -0.409 e. The number of amides is 1. The van der Waals surface area contributed by atoms with E-state index in [2.05, 4.69) is 15.5 Å². The van der Waals surface area contributed by atoms with Crippen molar-refractivity contribution in [3.05, 3.63) is 36.5 Å². The molecule has 1 aliphatic rings. The van der Waals surface area contributed by atoms with E-state index in [4.69, 9.17) is 10.9 Å². The van der Waals surface area contributed by atoms with Crippen LogP contribution in [-0.2, 0) is 4.79 Å². The number of anilines is 1. The number of benzene rings is 1. The molecule has 2 aromatic rings. The number of hydrogen-bond acceptors (Lipinski definition) is 4. The number of carbonyl (C=O) groups is 1. The van der Waals surface area contributed by atoms with Gasteiger partial charge in [-0.1, -0.05) is 29.8 Å². The van der Waals surface area contributed by atoms with Gasteiger partial charge in [-0.25, -0.2) is 0 Å². The van der Waals surface area contributed by atoms with E-state index in [-0.39, 0.29) is 11.7 Å². The highest BCUT2D eigenvalue weighted by Crippen LogP contribution is 2.42. The summed E-state index contributed by atoms with van der Waals surface area (Å²) < 4.78 is 0. The van der Waals surface area contributed by atoms with Gasteiger partial charge in [-0.15, -0.1) is 0 Å². The maximum Gasteiger partial charge on any atom is 0.238 e. The van der Waals surface area contributed by atoms with Crippen LogP contribution in [0.15, 0.2) is 41.7 Å². The topological polar surface area (TPSA) is 101 Å². The van der Waals surface area contributed by atoms with Crippen molar-refractivity contribution in [3.63, 3.8) is 0 Å². The number of fused-ring (bicyclic) bond motifs is 1. The van der Waals surface area contributed by atoms with E-state index in [0.717, 1.165) is 17.3 Å². The molecule has 1 amide bonds. The molecular weight excluding hydrogens is 268 g/mol. The van der Waals surface area contributed by atoms with Gasteiger partial charge in [-0.05, 0) is 25.0 Å². The maximum absolute atomic E-state index is 12.4. The van der Waals surface area contributed by atoms with Gasteiger partial charge < -0.3 is 16.3 Å². The van der Waals surface area contributed by atoms with Gasteiger partial charge >= 0.3 is 0 Å². The third-order valence-corrected chi connectivity index (χ3v) is 4.09. The average molecular weight is 284 g/mol. The zero-order chi connectivity index (χ0) is 14.9. The summed E-state index contributed by atoms with van der Waals surface area (Å²) in [5, 5.41) is 15.6. The number of nitrogens with one attached hydrogen (secondary N) is 1. The van der Waals surface area contributed by atoms with Crippen LogP contribution in [0.2, 0.25) is 0 Å². The summed E-state index contributed by atoms with van der Waals surface area (Å²) in [5.41, 5.74) is 6.27. The fourth-order valence-corrected chi connectivity index (χ4v) is 2.62. The third kappa shape index (κ3) is 2.18. The molecule has 1 saturated carbocycles. The Morgan fingerprint density at radius 2 is 2.14 bits per heavy atom. The summed E-state index contributed by atoms with van der Waals surface area (Å²) >= 11 is 0. The van der Waals surface area contributed by atoms with E-state index in [1.807, 2.05) is 30.3 Å². The zero-order valence-electron chi connectivity index (χ0n) is 11.4. The van der Waals surface area contributed by atoms with Crippen LogP contribution in [0.3, 0.4) is 0 Å². The first kappa shape index (κ1) is 13.4. The number of amidine groups is 1. The predicted octanol–water partition coefficient (Wildman–Crippen LogP) is 2.09. The van der Waals surface area contributed by atoms with E-state index in [0.29, 0.717) is 18.5 Å². The molecular formula is C15H16N4O2. The van der Waals surface area contributed by atoms with Crippen LogP contribution < -0.4 is 11.1 Å². The van der Waals surface area contributed by atoms with Crippen LogP contribution in [-0.4, -0.2) is 21.9 Å². The van der Waals surface area contributed by atoms with Crippen LogP contribution in [0.5, 0.6) is 0 Å². The number of nitrogens with two attached hydrogens (primary N) is 1. The number of para-hydroxylation sites is 1. The van der Waals surface area contributed by atoms with Gasteiger partial charge in [0.2, 0.25) is 5.91 Å². The van der Waals surface area contributed by atoms with Crippen LogP contribution in [0.1, 0.15) is 19.3 Å². The van der Waals surface area contributed by atoms with Gasteiger partial charge in [0.05, 0.1) is 17.4 Å². The molecule has 21 heavy (non-hydrogen) atoms. The standard InChI is InChI=1S/C15H16N4O2/c16-13(19-21)15(6-3-7-15)14(20)18-11-8-10-4-1-2-5-12(10)17-9-11/h1-2,4-5,8-9,21H,3,6-7H2,(H2,16,19)(H,18,20). The van der Waals surface area contributed by atoms with E-state index < -0.39 is 5.41 Å². The highest BCUT2D eigenvalue weighted by atomic mass is 16.4. The highest BCUT2D eigenvalue weighted by Gasteiger charge is 2.48. The van der Waals surface area contributed by atoms with Gasteiger partial charge in [0.25, 0.3) is 0 Å². The van der Waals surface area contributed by atoms with E-state index in [1.54, 1.807) is 6.20 Å². The minimum atomic E-state index is -0.888. The summed E-state index contributed by atoms with van der Waals surface area (Å²) in [5.74, 6) is -0.277. The van der Waals surface area contributed by atoms with E-state index >= 15 is 0 Å². The Kier molecular flexibility index (Phi) is 3.21. The second-order valence-electron chi connectivity index (χ2n) is 5.29. The monoisotopic (exact) mass is 284 g/mol. The number of carbonyl (C=O) groups excluding carboxylic acids is 1. The Hall–Kier alpha value is -2.63. The van der Waals surface area contributed by atoms with Gasteiger partial charge in [0.1, 0.15) is 5.41 Å². The van der Waals surface area contributed by atoms with Crippen LogP contribution >= 0.6 is 0 Å². The fourth-order valence-electron chi connectivity index (χ4n) is 2.62. The molecule has 0 aliphatic heterocycles. The van der Waals surface area contributed by atoms with Crippen molar-refractivity contribution in [2.75, 3.05) is 5.32 Å². The summed E-state index contributed by atoms with van der Waals surface area (Å²) in [7, 11) is 0. The van der Waals surface area contributed by atoms with E-state index in [9.17, 15) is 4.79 Å². The second-order valence-corrected chi connectivity index (χ2v) is 5.29. The molecule has 4 N–H and O–H groups in total. The van der Waals surface area contributed by atoms with Gasteiger partial charge in [0.15, 0.2) is 5.84 Å². The lowest BCUT2D eigenvalue weighted by Crippen LogP contribution is -2.51. The van der Waals surface area contributed by atoms with Crippen molar-refractivity contribution in [1.82, 2.24) is 4.98 Å². The summed E-state index contributed by atoms with van der Waals surface area (Å²) in [6.07, 6.45) is 3.68. The number of aromatic nitrogens is 1. The van der Waals surface area contributed by atoms with Crippen molar-refractivity contribution >= 4 is 28.3 Å². The van der Waals surface area contributed by atoms with Crippen molar-refractivity contribution in [1.29, 1.82) is 0 Å². The molecule has 6 heteroatoms. The zero-order valence-corrected chi connectivity index (χ0v) is 11.4. The normalized spacial score (nSPS) is 17.2. The first-order valence-electron chi connectivity index (χ1n) is 6.80. The maximum atomic E-state index is 12.4. The quantitative estimate of drug-likeness (QED) is 0.347. The van der Waals surface area contributed by atoms with E-state index in [1.165, 1.54) is 0 Å². The Balaban J connectivity index is 1.86. The molecule has 0 bridgehead atoms. The molecule has 0 spiro atoms. The van der Waals surface area contributed by atoms with Crippen LogP contribution in [0.25, 0.3) is 10.9 Å². The van der Waals surface area contributed by atoms with Crippen molar-refractivity contribution in [2.24, 2.45) is 16.3 Å². The molecule has 1 aliphatic carbocycles. The molecule has 1 aromatic heterocycles. The van der Waals surface area contributed by atoms with Crippen LogP contribution in [0, 0.1) is 5.41 Å². The molecule has 3 rings (SSSR count). The van der Waals surface area contributed by atoms with Crippen molar-refractivity contribution < 1.29 is 10.0 Å². The SMILES string of the molecule is N/C(=N/O)C1(C(=O)Nc2cnc3ccccc3c2)CCC1. The summed E-state index contributed by atoms with van der Waals surface area (Å²) in [6.45, 7) is 0. The number of nitrogens with zero attached hydrogens (tertiary/aromatic N) is 2. The highest BCUT2D eigenvalue weighted by molar-refractivity contribution is 6.12. The first-order chi connectivity index (χ1) is 10.2. The van der Waals surface area contributed by atoms with Crippen LogP contribution in [0.4, 0.5) is 5.69 Å². The molecule has 0 atom stereocenters. The Labute approximate surface area is 121 Å².